The molecule has 1 aromatic rings. The summed E-state index contributed by atoms with van der Waals surface area (Å²) in [6.45, 7) is 6.62. The highest BCUT2D eigenvalue weighted by molar-refractivity contribution is 9.09. The molecule has 0 heterocycles. The SMILES string of the molecule is COc1ccc(C(C)(C)C2CCC(C)CC2Br)c(F)c1. The van der Waals surface area contributed by atoms with Crippen LogP contribution in [0, 0.1) is 17.7 Å². The van der Waals surface area contributed by atoms with Gasteiger partial charge in [0.15, 0.2) is 0 Å². The molecule has 1 fully saturated rings. The van der Waals surface area contributed by atoms with Crippen molar-refractivity contribution < 1.29 is 9.13 Å². The molecular weight excluding hydrogens is 319 g/mol. The van der Waals surface area contributed by atoms with Gasteiger partial charge in [-0.3, -0.25) is 0 Å². The van der Waals surface area contributed by atoms with Crippen LogP contribution in [0.2, 0.25) is 0 Å². The van der Waals surface area contributed by atoms with Crippen molar-refractivity contribution >= 4 is 15.9 Å². The van der Waals surface area contributed by atoms with Crippen molar-refractivity contribution in [3.8, 4) is 5.75 Å². The molecule has 0 saturated heterocycles. The molecule has 1 nitrogen and oxygen atoms in total. The second kappa shape index (κ2) is 6.05. The fourth-order valence-corrected chi connectivity index (χ4v) is 5.03. The number of benzene rings is 1. The number of hydrogen-bond donors (Lipinski definition) is 0. The molecule has 1 saturated carbocycles. The molecule has 0 N–H and O–H groups in total. The minimum atomic E-state index is -0.176. The van der Waals surface area contributed by atoms with E-state index in [9.17, 15) is 4.39 Å². The van der Waals surface area contributed by atoms with Crippen LogP contribution in [0.4, 0.5) is 4.39 Å². The zero-order chi connectivity index (χ0) is 14.9. The Morgan fingerprint density at radius 1 is 1.30 bits per heavy atom. The van der Waals surface area contributed by atoms with Crippen LogP contribution in [-0.4, -0.2) is 11.9 Å². The first kappa shape index (κ1) is 15.8. The van der Waals surface area contributed by atoms with Crippen molar-refractivity contribution in [2.45, 2.75) is 50.3 Å². The van der Waals surface area contributed by atoms with E-state index in [1.165, 1.54) is 18.9 Å². The Bertz CT molecular complexity index is 472. The average Bonchev–Trinajstić information content (AvgIpc) is 2.37. The Kier molecular flexibility index (Phi) is 4.78. The predicted octanol–water partition coefficient (Wildman–Crippen LogP) is 5.31. The maximum atomic E-state index is 14.4. The Hall–Kier alpha value is -0.570. The fourth-order valence-electron chi connectivity index (χ4n) is 3.47. The summed E-state index contributed by atoms with van der Waals surface area (Å²) >= 11 is 3.83. The fraction of sp³-hybridized carbons (Fsp3) is 0.647. The van der Waals surface area contributed by atoms with Crippen molar-refractivity contribution in [3.05, 3.63) is 29.6 Å². The van der Waals surface area contributed by atoms with E-state index in [4.69, 9.17) is 4.74 Å². The van der Waals surface area contributed by atoms with Gasteiger partial charge in [-0.05, 0) is 41.7 Å². The van der Waals surface area contributed by atoms with Crippen molar-refractivity contribution in [1.29, 1.82) is 0 Å². The van der Waals surface area contributed by atoms with Gasteiger partial charge in [0, 0.05) is 10.9 Å². The molecule has 3 unspecified atom stereocenters. The zero-order valence-electron chi connectivity index (χ0n) is 12.7. The van der Waals surface area contributed by atoms with Crippen LogP contribution in [0.1, 0.15) is 45.6 Å². The summed E-state index contributed by atoms with van der Waals surface area (Å²) in [7, 11) is 1.57. The summed E-state index contributed by atoms with van der Waals surface area (Å²) in [4.78, 5) is 0.461. The highest BCUT2D eigenvalue weighted by Gasteiger charge is 2.40. The highest BCUT2D eigenvalue weighted by Crippen LogP contribution is 2.46. The number of halogens is 2. The number of rotatable bonds is 3. The number of methoxy groups -OCH3 is 1. The van der Waals surface area contributed by atoms with Crippen LogP contribution < -0.4 is 4.74 Å². The second-order valence-corrected chi connectivity index (χ2v) is 7.78. The van der Waals surface area contributed by atoms with Gasteiger partial charge in [-0.2, -0.15) is 0 Å². The lowest BCUT2D eigenvalue weighted by Crippen LogP contribution is -2.39. The van der Waals surface area contributed by atoms with Crippen LogP contribution >= 0.6 is 15.9 Å². The van der Waals surface area contributed by atoms with Crippen LogP contribution in [0.5, 0.6) is 5.75 Å². The van der Waals surface area contributed by atoms with Gasteiger partial charge in [0.05, 0.1) is 7.11 Å². The Morgan fingerprint density at radius 3 is 2.55 bits per heavy atom. The van der Waals surface area contributed by atoms with E-state index in [1.807, 2.05) is 12.1 Å². The first-order valence-corrected chi connectivity index (χ1v) is 8.26. The summed E-state index contributed by atoms with van der Waals surface area (Å²) in [5, 5.41) is 0. The van der Waals surface area contributed by atoms with E-state index < -0.39 is 0 Å². The Balaban J connectivity index is 2.29. The molecule has 2 rings (SSSR count). The molecule has 20 heavy (non-hydrogen) atoms. The molecule has 0 bridgehead atoms. The number of alkyl halides is 1. The molecule has 0 spiro atoms. The molecule has 1 aromatic carbocycles. The molecule has 1 aliphatic carbocycles. The standard InChI is InChI=1S/C17H24BrFO/c1-11-5-7-13(15(18)9-11)17(2,3)14-8-6-12(20-4)10-16(14)19/h6,8,10-11,13,15H,5,7,9H2,1-4H3. The van der Waals surface area contributed by atoms with Crippen LogP contribution in [-0.2, 0) is 5.41 Å². The summed E-state index contributed by atoms with van der Waals surface area (Å²) < 4.78 is 19.5. The van der Waals surface area contributed by atoms with Crippen molar-refractivity contribution in [2.75, 3.05) is 7.11 Å². The molecule has 0 aliphatic heterocycles. The first-order valence-electron chi connectivity index (χ1n) is 7.34. The molecule has 0 radical (unpaired) electrons. The van der Waals surface area contributed by atoms with E-state index in [2.05, 4.69) is 36.7 Å². The van der Waals surface area contributed by atoms with Gasteiger partial charge in [0.2, 0.25) is 0 Å². The van der Waals surface area contributed by atoms with Gasteiger partial charge in [-0.15, -0.1) is 0 Å². The third-order valence-corrected chi connectivity index (χ3v) is 5.84. The van der Waals surface area contributed by atoms with Gasteiger partial charge < -0.3 is 4.74 Å². The molecule has 0 aromatic heterocycles. The zero-order valence-corrected chi connectivity index (χ0v) is 14.3. The molecule has 3 heteroatoms. The predicted molar refractivity (Wildman–Crippen MR) is 85.2 cm³/mol. The number of ether oxygens (including phenoxy) is 1. The van der Waals surface area contributed by atoms with Gasteiger partial charge in [-0.1, -0.05) is 49.2 Å². The largest absolute Gasteiger partial charge is 0.497 e. The smallest absolute Gasteiger partial charge is 0.130 e. The molecular formula is C17H24BrFO. The summed E-state index contributed by atoms with van der Waals surface area (Å²) in [5.41, 5.74) is 0.618. The Morgan fingerprint density at radius 2 is 2.00 bits per heavy atom. The monoisotopic (exact) mass is 342 g/mol. The van der Waals surface area contributed by atoms with E-state index in [0.717, 1.165) is 17.9 Å². The minimum absolute atomic E-state index is 0.160. The average molecular weight is 343 g/mol. The lowest BCUT2D eigenvalue weighted by atomic mass is 9.66. The van der Waals surface area contributed by atoms with E-state index in [0.29, 0.717) is 16.5 Å². The summed E-state index contributed by atoms with van der Waals surface area (Å²) in [6, 6.07) is 5.23. The quantitative estimate of drug-likeness (QED) is 0.676. The van der Waals surface area contributed by atoms with Crippen LogP contribution in [0.15, 0.2) is 18.2 Å². The van der Waals surface area contributed by atoms with Gasteiger partial charge in [0.25, 0.3) is 0 Å². The molecule has 1 aliphatic rings. The summed E-state index contributed by atoms with van der Waals surface area (Å²) in [5.74, 6) is 1.64. The second-order valence-electron chi connectivity index (χ2n) is 6.61. The van der Waals surface area contributed by atoms with Gasteiger partial charge in [-0.25, -0.2) is 4.39 Å². The van der Waals surface area contributed by atoms with Crippen molar-refractivity contribution in [2.24, 2.45) is 11.8 Å². The van der Waals surface area contributed by atoms with Gasteiger partial charge >= 0.3 is 0 Å². The molecule has 0 amide bonds. The third-order valence-electron chi connectivity index (χ3n) is 4.83. The van der Waals surface area contributed by atoms with Crippen molar-refractivity contribution in [1.82, 2.24) is 0 Å². The first-order chi connectivity index (χ1) is 9.36. The topological polar surface area (TPSA) is 9.23 Å². The van der Waals surface area contributed by atoms with E-state index >= 15 is 0 Å². The van der Waals surface area contributed by atoms with E-state index in [1.54, 1.807) is 7.11 Å². The summed E-state index contributed by atoms with van der Waals surface area (Å²) in [6.07, 6.45) is 3.55. The van der Waals surface area contributed by atoms with Crippen LogP contribution in [0.3, 0.4) is 0 Å². The molecule has 3 atom stereocenters. The lowest BCUT2D eigenvalue weighted by Gasteiger charge is -2.42. The maximum Gasteiger partial charge on any atom is 0.130 e. The van der Waals surface area contributed by atoms with Gasteiger partial charge in [0.1, 0.15) is 11.6 Å². The third kappa shape index (κ3) is 3.03. The minimum Gasteiger partial charge on any atom is -0.497 e. The van der Waals surface area contributed by atoms with Crippen molar-refractivity contribution in [3.63, 3.8) is 0 Å². The Labute approximate surface area is 130 Å². The highest BCUT2D eigenvalue weighted by atomic mass is 79.9. The number of hydrogen-bond acceptors (Lipinski definition) is 1. The van der Waals surface area contributed by atoms with E-state index in [-0.39, 0.29) is 11.2 Å². The maximum absolute atomic E-state index is 14.4. The normalized spacial score (nSPS) is 27.4. The lowest BCUT2D eigenvalue weighted by molar-refractivity contribution is 0.210. The molecule has 112 valence electrons. The van der Waals surface area contributed by atoms with Crippen LogP contribution in [0.25, 0.3) is 0 Å².